The van der Waals surface area contributed by atoms with Crippen LogP contribution >= 0.6 is 35.3 Å². The second-order valence-corrected chi connectivity index (χ2v) is 8.97. The number of aromatic nitrogens is 1. The third kappa shape index (κ3) is 4.58. The van der Waals surface area contributed by atoms with Crippen LogP contribution in [-0.4, -0.2) is 46.3 Å². The van der Waals surface area contributed by atoms with E-state index in [4.69, 9.17) is 17.0 Å². The van der Waals surface area contributed by atoms with Crippen LogP contribution in [0.4, 0.5) is 10.8 Å². The van der Waals surface area contributed by atoms with Gasteiger partial charge in [-0.05, 0) is 37.1 Å². The van der Waals surface area contributed by atoms with Gasteiger partial charge in [-0.25, -0.2) is 4.98 Å². The minimum atomic E-state index is -0.149. The molecule has 0 N–H and O–H groups in total. The molecular weight excluding hydrogens is 426 g/mol. The zero-order chi connectivity index (χ0) is 21.1. The van der Waals surface area contributed by atoms with Gasteiger partial charge in [-0.15, -0.1) is 11.3 Å². The van der Waals surface area contributed by atoms with Gasteiger partial charge in [0.25, 0.3) is 5.91 Å². The summed E-state index contributed by atoms with van der Waals surface area (Å²) in [6.07, 6.45) is 1.72. The molecule has 1 aromatic carbocycles. The summed E-state index contributed by atoms with van der Waals surface area (Å²) in [5.74, 6) is -0.268. The Labute approximate surface area is 183 Å². The van der Waals surface area contributed by atoms with Crippen molar-refractivity contribution in [2.24, 2.45) is 0 Å². The van der Waals surface area contributed by atoms with E-state index in [1.165, 1.54) is 34.9 Å². The number of thiocarbonyl (C=S) groups is 1. The van der Waals surface area contributed by atoms with E-state index in [1.54, 1.807) is 18.1 Å². The second-order valence-electron chi connectivity index (χ2n) is 6.45. The van der Waals surface area contributed by atoms with Crippen LogP contribution in [0, 0.1) is 13.8 Å². The molecule has 29 heavy (non-hydrogen) atoms. The number of ether oxygens (including phenoxy) is 1. The minimum absolute atomic E-state index is 0.120. The number of hydrogen-bond donors (Lipinski definition) is 0. The lowest BCUT2D eigenvalue weighted by atomic mass is 10.1. The third-order valence-electron chi connectivity index (χ3n) is 4.50. The lowest BCUT2D eigenvalue weighted by Gasteiger charge is -2.21. The van der Waals surface area contributed by atoms with E-state index >= 15 is 0 Å². The smallest absolute Gasteiger partial charge is 0.266 e. The number of carbonyl (C=O) groups excluding carboxylic acids is 2. The zero-order valence-corrected chi connectivity index (χ0v) is 19.0. The number of carbonyl (C=O) groups is 2. The molecule has 1 saturated heterocycles. The van der Waals surface area contributed by atoms with Crippen molar-refractivity contribution in [3.63, 3.8) is 0 Å². The Bertz CT molecular complexity index is 1000. The predicted octanol–water partition coefficient (Wildman–Crippen LogP) is 4.29. The summed E-state index contributed by atoms with van der Waals surface area (Å²) in [7, 11) is 1.58. The number of aryl methyl sites for hydroxylation is 1. The quantitative estimate of drug-likeness (QED) is 0.486. The van der Waals surface area contributed by atoms with E-state index in [1.807, 2.05) is 37.4 Å². The first-order valence-electron chi connectivity index (χ1n) is 8.90. The molecule has 0 saturated carbocycles. The van der Waals surface area contributed by atoms with Crippen molar-refractivity contribution in [2.45, 2.75) is 20.8 Å². The second kappa shape index (κ2) is 9.17. The first-order chi connectivity index (χ1) is 13.8. The van der Waals surface area contributed by atoms with E-state index in [2.05, 4.69) is 4.98 Å². The van der Waals surface area contributed by atoms with Crippen molar-refractivity contribution in [3.05, 3.63) is 45.3 Å². The molecule has 3 rings (SSSR count). The molecule has 2 amide bonds. The highest BCUT2D eigenvalue weighted by Gasteiger charge is 2.32. The number of methoxy groups -OCH3 is 1. The summed E-state index contributed by atoms with van der Waals surface area (Å²) in [5, 5.41) is 2.39. The van der Waals surface area contributed by atoms with Crippen molar-refractivity contribution in [3.8, 4) is 0 Å². The lowest BCUT2D eigenvalue weighted by Crippen LogP contribution is -2.31. The topological polar surface area (TPSA) is 62.7 Å². The van der Waals surface area contributed by atoms with Gasteiger partial charge >= 0.3 is 0 Å². The number of thioether (sulfide) groups is 1. The Kier molecular flexibility index (Phi) is 6.84. The molecule has 0 bridgehead atoms. The van der Waals surface area contributed by atoms with Gasteiger partial charge < -0.3 is 4.74 Å². The van der Waals surface area contributed by atoms with E-state index in [0.717, 1.165) is 16.8 Å². The van der Waals surface area contributed by atoms with Crippen molar-refractivity contribution >= 4 is 68.3 Å². The maximum atomic E-state index is 12.6. The normalized spacial score (nSPS) is 15.4. The number of hydrogen-bond acceptors (Lipinski definition) is 7. The number of amides is 2. The summed E-state index contributed by atoms with van der Waals surface area (Å²) in [6.45, 7) is 6.36. The Morgan fingerprint density at radius 1 is 1.38 bits per heavy atom. The van der Waals surface area contributed by atoms with Gasteiger partial charge in [0.1, 0.15) is 4.32 Å². The first kappa shape index (κ1) is 21.6. The molecular formula is C20H21N3O3S3. The van der Waals surface area contributed by atoms with Crippen molar-refractivity contribution < 1.29 is 14.3 Å². The Hall–Kier alpha value is -2.07. The molecule has 6 nitrogen and oxygen atoms in total. The number of nitrogens with zero attached hydrogens (tertiary/aromatic N) is 3. The van der Waals surface area contributed by atoms with Crippen LogP contribution in [0.3, 0.4) is 0 Å². The summed E-state index contributed by atoms with van der Waals surface area (Å²) < 4.78 is 5.54. The van der Waals surface area contributed by atoms with Gasteiger partial charge in [0, 0.05) is 19.4 Å². The summed E-state index contributed by atoms with van der Waals surface area (Å²) in [6, 6.07) is 5.84. The van der Waals surface area contributed by atoms with Crippen molar-refractivity contribution in [2.75, 3.05) is 25.2 Å². The lowest BCUT2D eigenvalue weighted by molar-refractivity contribution is -0.122. The average Bonchev–Trinajstić information content (AvgIpc) is 3.22. The molecule has 0 radical (unpaired) electrons. The molecule has 0 atom stereocenters. The Morgan fingerprint density at radius 2 is 2.14 bits per heavy atom. The van der Waals surface area contributed by atoms with E-state index in [9.17, 15) is 9.59 Å². The number of benzene rings is 1. The third-order valence-corrected chi connectivity index (χ3v) is 6.73. The highest BCUT2D eigenvalue weighted by atomic mass is 32.2. The molecule has 1 fully saturated rings. The SMILES string of the molecule is COCCN1C(=O)C(=Cc2csc(N(C(C)=O)c3cccc(C)c3C)n2)SC1=S. The molecule has 2 aromatic rings. The van der Waals surface area contributed by atoms with E-state index in [-0.39, 0.29) is 11.8 Å². The molecule has 1 aromatic heterocycles. The van der Waals surface area contributed by atoms with Crippen LogP contribution in [-0.2, 0) is 14.3 Å². The molecule has 0 unspecified atom stereocenters. The van der Waals surface area contributed by atoms with Crippen LogP contribution < -0.4 is 4.90 Å². The maximum absolute atomic E-state index is 12.6. The van der Waals surface area contributed by atoms with Crippen LogP contribution in [0.2, 0.25) is 0 Å². The number of anilines is 2. The van der Waals surface area contributed by atoms with Crippen LogP contribution in [0.15, 0.2) is 28.5 Å². The van der Waals surface area contributed by atoms with Crippen molar-refractivity contribution in [1.82, 2.24) is 9.88 Å². The zero-order valence-electron chi connectivity index (χ0n) is 16.6. The highest BCUT2D eigenvalue weighted by molar-refractivity contribution is 8.26. The molecule has 0 aliphatic carbocycles. The summed E-state index contributed by atoms with van der Waals surface area (Å²) >= 11 is 7.90. The Morgan fingerprint density at radius 3 is 2.83 bits per heavy atom. The summed E-state index contributed by atoms with van der Waals surface area (Å²) in [4.78, 5) is 33.2. The molecule has 9 heteroatoms. The van der Waals surface area contributed by atoms with Crippen molar-refractivity contribution in [1.29, 1.82) is 0 Å². The minimum Gasteiger partial charge on any atom is -0.383 e. The van der Waals surface area contributed by atoms with Crippen LogP contribution in [0.25, 0.3) is 6.08 Å². The van der Waals surface area contributed by atoms with E-state index < -0.39 is 0 Å². The van der Waals surface area contributed by atoms with E-state index in [0.29, 0.717) is 33.2 Å². The predicted molar refractivity (Wildman–Crippen MR) is 123 cm³/mol. The molecule has 2 heterocycles. The largest absolute Gasteiger partial charge is 0.383 e. The Balaban J connectivity index is 1.89. The molecule has 1 aliphatic rings. The average molecular weight is 448 g/mol. The fraction of sp³-hybridized carbons (Fsp3) is 0.300. The fourth-order valence-corrected chi connectivity index (χ4v) is 4.97. The van der Waals surface area contributed by atoms with Gasteiger partial charge in [-0.2, -0.15) is 0 Å². The molecule has 1 aliphatic heterocycles. The van der Waals surface area contributed by atoms with Gasteiger partial charge in [0.05, 0.1) is 29.4 Å². The first-order valence-corrected chi connectivity index (χ1v) is 11.0. The molecule has 0 spiro atoms. The number of thiazole rings is 1. The monoisotopic (exact) mass is 447 g/mol. The standard InChI is InChI=1S/C20H21N3O3S3/c1-12-6-5-7-16(13(12)2)23(14(3)24)19-21-15(11-28-19)10-17-18(25)22(8-9-26-4)20(27)29-17/h5-7,10-11H,8-9H2,1-4H3. The van der Waals surface area contributed by atoms with Gasteiger partial charge in [0.15, 0.2) is 5.13 Å². The van der Waals surface area contributed by atoms with Crippen LogP contribution in [0.1, 0.15) is 23.7 Å². The maximum Gasteiger partial charge on any atom is 0.266 e. The summed E-state index contributed by atoms with van der Waals surface area (Å²) in [5.41, 5.74) is 3.56. The van der Waals surface area contributed by atoms with Crippen LogP contribution in [0.5, 0.6) is 0 Å². The van der Waals surface area contributed by atoms with Gasteiger partial charge in [-0.1, -0.05) is 36.1 Å². The fourth-order valence-electron chi connectivity index (χ4n) is 2.84. The number of rotatable bonds is 6. The van der Waals surface area contributed by atoms with Gasteiger partial charge in [-0.3, -0.25) is 19.4 Å². The molecule has 152 valence electrons. The highest BCUT2D eigenvalue weighted by Crippen LogP contribution is 2.35. The van der Waals surface area contributed by atoms with Gasteiger partial charge in [0.2, 0.25) is 5.91 Å².